The largest absolute Gasteiger partial charge is 0.310 e. The molecule has 0 saturated carbocycles. The van der Waals surface area contributed by atoms with Crippen molar-refractivity contribution in [3.63, 3.8) is 0 Å². The minimum Gasteiger partial charge on any atom is -0.310 e. The van der Waals surface area contributed by atoms with E-state index in [1.54, 1.807) is 0 Å². The SMILES string of the molecule is CC1(C)c2cc(Sc3cccc4ccccc34)ccc2-c2ccc(-c3ccc(N(c4ccc(-c5ccccc5)cc4)c4ccc5ccccc5c4)cc3)cc21. The van der Waals surface area contributed by atoms with Crippen molar-refractivity contribution >= 4 is 50.4 Å². The van der Waals surface area contributed by atoms with Crippen molar-refractivity contribution in [2.75, 3.05) is 4.90 Å². The zero-order valence-electron chi connectivity index (χ0n) is 30.9. The summed E-state index contributed by atoms with van der Waals surface area (Å²) in [6, 6.07) is 73.2. The molecule has 0 saturated heterocycles. The summed E-state index contributed by atoms with van der Waals surface area (Å²) in [4.78, 5) is 4.93. The molecule has 9 aromatic carbocycles. The maximum atomic E-state index is 2.42. The van der Waals surface area contributed by atoms with Crippen LogP contribution in [0.4, 0.5) is 17.1 Å². The second-order valence-corrected chi connectivity index (χ2v) is 16.1. The molecule has 0 N–H and O–H groups in total. The third kappa shape index (κ3) is 6.00. The van der Waals surface area contributed by atoms with Crippen molar-refractivity contribution < 1.29 is 0 Å². The van der Waals surface area contributed by atoms with E-state index in [0.29, 0.717) is 0 Å². The van der Waals surface area contributed by atoms with Gasteiger partial charge in [0.05, 0.1) is 0 Å². The number of rotatable bonds is 7. The van der Waals surface area contributed by atoms with Gasteiger partial charge in [0.1, 0.15) is 0 Å². The van der Waals surface area contributed by atoms with Crippen molar-refractivity contribution in [3.05, 3.63) is 211 Å². The highest BCUT2D eigenvalue weighted by Crippen LogP contribution is 2.51. The van der Waals surface area contributed by atoms with E-state index in [4.69, 9.17) is 0 Å². The lowest BCUT2D eigenvalue weighted by molar-refractivity contribution is 0.659. The number of fused-ring (bicyclic) bond motifs is 5. The summed E-state index contributed by atoms with van der Waals surface area (Å²) < 4.78 is 0. The maximum absolute atomic E-state index is 2.42. The molecule has 0 fully saturated rings. The summed E-state index contributed by atoms with van der Waals surface area (Å²) in [5.74, 6) is 0. The van der Waals surface area contributed by atoms with Gasteiger partial charge in [-0.15, -0.1) is 0 Å². The Morgan fingerprint density at radius 3 is 1.67 bits per heavy atom. The Bertz CT molecular complexity index is 2850. The second-order valence-electron chi connectivity index (χ2n) is 15.0. The van der Waals surface area contributed by atoms with Crippen LogP contribution in [0.5, 0.6) is 0 Å². The van der Waals surface area contributed by atoms with Crippen molar-refractivity contribution in [3.8, 4) is 33.4 Å². The summed E-state index contributed by atoms with van der Waals surface area (Å²) >= 11 is 1.86. The van der Waals surface area contributed by atoms with E-state index in [-0.39, 0.29) is 5.41 Å². The van der Waals surface area contributed by atoms with Crippen LogP contribution in [0, 0.1) is 0 Å². The van der Waals surface area contributed by atoms with Gasteiger partial charge in [-0.3, -0.25) is 0 Å². The van der Waals surface area contributed by atoms with Crippen LogP contribution in [-0.2, 0) is 5.41 Å². The lowest BCUT2D eigenvalue weighted by atomic mass is 9.81. The Balaban J connectivity index is 0.972. The molecular weight excluding hydrogens is 683 g/mol. The average molecular weight is 722 g/mol. The van der Waals surface area contributed by atoms with E-state index in [2.05, 4.69) is 219 Å². The molecule has 10 rings (SSSR count). The molecule has 0 radical (unpaired) electrons. The predicted octanol–water partition coefficient (Wildman–Crippen LogP) is 15.3. The van der Waals surface area contributed by atoms with Gasteiger partial charge < -0.3 is 4.90 Å². The Morgan fingerprint density at radius 1 is 0.382 bits per heavy atom. The zero-order chi connectivity index (χ0) is 36.9. The molecule has 55 heavy (non-hydrogen) atoms. The van der Waals surface area contributed by atoms with Gasteiger partial charge in [-0.1, -0.05) is 165 Å². The first kappa shape index (κ1) is 33.2. The van der Waals surface area contributed by atoms with Crippen molar-refractivity contribution in [2.45, 2.75) is 29.1 Å². The maximum Gasteiger partial charge on any atom is 0.0468 e. The smallest absolute Gasteiger partial charge is 0.0468 e. The lowest BCUT2D eigenvalue weighted by Crippen LogP contribution is -2.15. The fraction of sp³-hybridized carbons (Fsp3) is 0.0566. The molecule has 2 heteroatoms. The molecule has 0 heterocycles. The second kappa shape index (κ2) is 13.5. The fourth-order valence-electron chi connectivity index (χ4n) is 8.37. The molecular formula is C53H39NS. The monoisotopic (exact) mass is 721 g/mol. The first-order valence-corrected chi connectivity index (χ1v) is 19.8. The molecule has 0 aromatic heterocycles. The minimum atomic E-state index is -0.116. The van der Waals surface area contributed by atoms with Crippen molar-refractivity contribution in [1.82, 2.24) is 0 Å². The van der Waals surface area contributed by atoms with Crippen LogP contribution in [0.2, 0.25) is 0 Å². The quantitative estimate of drug-likeness (QED) is 0.161. The van der Waals surface area contributed by atoms with E-state index < -0.39 is 0 Å². The standard InChI is InChI=1S/C53H39NS/c1-53(2)50-34-42(24-31-48(50)49-32-30-46(35-51(49)53)55-52-18-10-16-40-14-8-9-17-47(40)52)39-21-27-44(28-22-39)54(45-29-23-37-13-6-7-15-41(37)33-45)43-25-19-38(20-26-43)36-11-4-3-5-12-36/h3-35H,1-2H3. The van der Waals surface area contributed by atoms with Crippen molar-refractivity contribution in [2.24, 2.45) is 0 Å². The van der Waals surface area contributed by atoms with Gasteiger partial charge in [-0.2, -0.15) is 0 Å². The van der Waals surface area contributed by atoms with Crippen LogP contribution < -0.4 is 4.90 Å². The minimum absolute atomic E-state index is 0.116. The normalized spacial score (nSPS) is 12.8. The Morgan fingerprint density at radius 2 is 0.927 bits per heavy atom. The van der Waals surface area contributed by atoms with E-state index >= 15 is 0 Å². The van der Waals surface area contributed by atoms with Gasteiger partial charge in [0, 0.05) is 32.3 Å². The van der Waals surface area contributed by atoms with Crippen LogP contribution in [0.3, 0.4) is 0 Å². The van der Waals surface area contributed by atoms with Gasteiger partial charge in [-0.25, -0.2) is 0 Å². The van der Waals surface area contributed by atoms with E-state index in [0.717, 1.165) is 17.1 Å². The Kier molecular flexibility index (Phi) is 8.16. The molecule has 262 valence electrons. The van der Waals surface area contributed by atoms with Crippen molar-refractivity contribution in [1.29, 1.82) is 0 Å². The lowest BCUT2D eigenvalue weighted by Gasteiger charge is -2.26. The highest BCUT2D eigenvalue weighted by Gasteiger charge is 2.36. The number of nitrogens with zero attached hydrogens (tertiary/aromatic N) is 1. The molecule has 0 atom stereocenters. The Hall–Kier alpha value is -6.35. The predicted molar refractivity (Wildman–Crippen MR) is 235 cm³/mol. The van der Waals surface area contributed by atoms with Gasteiger partial charge in [0.15, 0.2) is 0 Å². The summed E-state index contributed by atoms with van der Waals surface area (Å²) in [7, 11) is 0. The molecule has 1 aliphatic rings. The zero-order valence-corrected chi connectivity index (χ0v) is 31.7. The van der Waals surface area contributed by atoms with E-state index in [1.165, 1.54) is 75.8 Å². The van der Waals surface area contributed by atoms with Crippen LogP contribution >= 0.6 is 11.8 Å². The molecule has 0 unspecified atom stereocenters. The number of benzene rings is 9. The van der Waals surface area contributed by atoms with Gasteiger partial charge in [-0.05, 0) is 127 Å². The van der Waals surface area contributed by atoms with Gasteiger partial charge in [0.25, 0.3) is 0 Å². The molecule has 0 amide bonds. The number of anilines is 3. The summed E-state index contributed by atoms with van der Waals surface area (Å²) in [5, 5.41) is 5.04. The first-order valence-electron chi connectivity index (χ1n) is 19.0. The molecule has 0 aliphatic heterocycles. The first-order chi connectivity index (χ1) is 27.0. The highest BCUT2D eigenvalue weighted by molar-refractivity contribution is 7.99. The molecule has 1 aliphatic carbocycles. The fourth-order valence-corrected chi connectivity index (χ4v) is 9.38. The van der Waals surface area contributed by atoms with Gasteiger partial charge >= 0.3 is 0 Å². The van der Waals surface area contributed by atoms with Crippen LogP contribution in [0.25, 0.3) is 54.9 Å². The van der Waals surface area contributed by atoms with Crippen LogP contribution in [-0.4, -0.2) is 0 Å². The van der Waals surface area contributed by atoms with Crippen LogP contribution in [0.1, 0.15) is 25.0 Å². The molecule has 0 bridgehead atoms. The van der Waals surface area contributed by atoms with E-state index in [9.17, 15) is 0 Å². The average Bonchev–Trinajstić information content (AvgIpc) is 3.46. The summed E-state index contributed by atoms with van der Waals surface area (Å²) in [6.45, 7) is 4.75. The number of hydrogen-bond acceptors (Lipinski definition) is 2. The molecule has 9 aromatic rings. The molecule has 0 spiro atoms. The topological polar surface area (TPSA) is 3.24 Å². The van der Waals surface area contributed by atoms with Gasteiger partial charge in [0.2, 0.25) is 0 Å². The van der Waals surface area contributed by atoms with E-state index in [1.807, 2.05) is 11.8 Å². The highest BCUT2D eigenvalue weighted by atomic mass is 32.2. The molecule has 1 nitrogen and oxygen atoms in total. The third-order valence-corrected chi connectivity index (χ3v) is 12.4. The Labute approximate surface area is 327 Å². The number of hydrogen-bond donors (Lipinski definition) is 0. The summed E-state index contributed by atoms with van der Waals surface area (Å²) in [6.07, 6.45) is 0. The third-order valence-electron chi connectivity index (χ3n) is 11.3. The summed E-state index contributed by atoms with van der Waals surface area (Å²) in [5.41, 5.74) is 13.6. The van der Waals surface area contributed by atoms with Crippen LogP contribution in [0.15, 0.2) is 210 Å².